The standard InChI is InChI=1S/C40H44BrN3O5/c1-5-19-42(24-29-15-11-8-12-16-29)37(46)33-34-38(47)44(30(25-45)22-28-13-9-7-10-14-28)36(40(34)23-31(41)35(33)49-40)39(48)43(20-6-2)32-21-26(3)17-18-27(32)4/h5-18,21,30-31,33-36,45H,1-2,19-20,22-25H2,3-4H3/t30-,31?,33+,34+,35+,36?,40?/m1/s1. The van der Waals surface area contributed by atoms with Gasteiger partial charge >= 0.3 is 0 Å². The highest BCUT2D eigenvalue weighted by Crippen LogP contribution is 2.61. The normalized spacial score (nSPS) is 25.9. The van der Waals surface area contributed by atoms with E-state index in [4.69, 9.17) is 4.74 Å². The summed E-state index contributed by atoms with van der Waals surface area (Å²) in [6.45, 7) is 12.2. The van der Waals surface area contributed by atoms with E-state index >= 15 is 9.59 Å². The third-order valence-corrected chi connectivity index (χ3v) is 11.1. The van der Waals surface area contributed by atoms with Crippen molar-refractivity contribution < 1.29 is 24.2 Å². The highest BCUT2D eigenvalue weighted by Gasteiger charge is 2.77. The average molecular weight is 727 g/mol. The van der Waals surface area contributed by atoms with Gasteiger partial charge in [0.2, 0.25) is 11.8 Å². The molecule has 2 bridgehead atoms. The number of carbonyl (C=O) groups excluding carboxylic acids is 3. The van der Waals surface area contributed by atoms with Gasteiger partial charge in [-0.2, -0.15) is 0 Å². The summed E-state index contributed by atoms with van der Waals surface area (Å²) in [7, 11) is 0. The summed E-state index contributed by atoms with van der Waals surface area (Å²) in [5, 5.41) is 10.9. The predicted octanol–water partition coefficient (Wildman–Crippen LogP) is 5.39. The van der Waals surface area contributed by atoms with Gasteiger partial charge in [-0.3, -0.25) is 14.4 Å². The molecule has 0 saturated carbocycles. The number of ether oxygens (including phenoxy) is 1. The fourth-order valence-corrected chi connectivity index (χ4v) is 9.10. The first-order chi connectivity index (χ1) is 23.6. The number of aryl methyl sites for hydroxylation is 2. The zero-order chi connectivity index (χ0) is 34.9. The van der Waals surface area contributed by atoms with Crippen LogP contribution in [0.15, 0.2) is 104 Å². The molecule has 3 aliphatic rings. The molecule has 3 aromatic carbocycles. The number of rotatable bonds is 13. The van der Waals surface area contributed by atoms with E-state index in [-0.39, 0.29) is 42.2 Å². The highest BCUT2D eigenvalue weighted by atomic mass is 79.9. The second kappa shape index (κ2) is 14.4. The second-order valence-corrected chi connectivity index (χ2v) is 14.6. The SMILES string of the molecule is C=CCN(Cc1ccccc1)C(=O)[C@H]1[C@H]2C(=O)N([C@@H](CO)Cc3ccccc3)C(C(=O)N(CC=C)c3cc(C)ccc3C)C23CC(Br)[C@@H]1O3. The molecule has 8 nitrogen and oxygen atoms in total. The Bertz CT molecular complexity index is 1720. The minimum Gasteiger partial charge on any atom is -0.394 e. The van der Waals surface area contributed by atoms with Crippen LogP contribution in [0.2, 0.25) is 0 Å². The van der Waals surface area contributed by atoms with Crippen molar-refractivity contribution in [2.45, 2.75) is 61.8 Å². The maximum absolute atomic E-state index is 15.2. The van der Waals surface area contributed by atoms with Gasteiger partial charge in [0, 0.05) is 30.1 Å². The van der Waals surface area contributed by atoms with Gasteiger partial charge in [-0.15, -0.1) is 13.2 Å². The van der Waals surface area contributed by atoms with Crippen LogP contribution in [0.1, 0.15) is 28.7 Å². The molecule has 3 amide bonds. The molecular formula is C40H44BrN3O5. The number of aliphatic hydroxyl groups is 1. The molecule has 0 radical (unpaired) electrons. The smallest absolute Gasteiger partial charge is 0.253 e. The summed E-state index contributed by atoms with van der Waals surface area (Å²) < 4.78 is 6.87. The van der Waals surface area contributed by atoms with Crippen molar-refractivity contribution in [2.24, 2.45) is 11.8 Å². The average Bonchev–Trinajstić information content (AvgIpc) is 3.70. The Labute approximate surface area is 297 Å². The van der Waals surface area contributed by atoms with Crippen molar-refractivity contribution >= 4 is 39.3 Å². The van der Waals surface area contributed by atoms with Gasteiger partial charge in [-0.1, -0.05) is 101 Å². The lowest BCUT2D eigenvalue weighted by Gasteiger charge is -2.40. The summed E-state index contributed by atoms with van der Waals surface area (Å²) in [6.07, 6.45) is 3.44. The molecule has 3 saturated heterocycles. The molecule has 256 valence electrons. The number of alkyl halides is 1. The zero-order valence-corrected chi connectivity index (χ0v) is 29.7. The van der Waals surface area contributed by atoms with Gasteiger partial charge < -0.3 is 24.5 Å². The monoisotopic (exact) mass is 725 g/mol. The van der Waals surface area contributed by atoms with E-state index in [0.717, 1.165) is 27.9 Å². The number of likely N-dealkylation sites (tertiary alicyclic amines) is 1. The van der Waals surface area contributed by atoms with Crippen molar-refractivity contribution in [2.75, 3.05) is 24.6 Å². The van der Waals surface area contributed by atoms with E-state index in [1.165, 1.54) is 0 Å². The molecule has 0 aromatic heterocycles. The lowest BCUT2D eigenvalue weighted by Crippen LogP contribution is -2.59. The van der Waals surface area contributed by atoms with Gasteiger partial charge in [0.25, 0.3) is 5.91 Å². The molecule has 49 heavy (non-hydrogen) atoms. The third kappa shape index (κ3) is 6.28. The summed E-state index contributed by atoms with van der Waals surface area (Å²) in [4.78, 5) is 49.6. The topological polar surface area (TPSA) is 90.4 Å². The first-order valence-electron chi connectivity index (χ1n) is 16.9. The second-order valence-electron chi connectivity index (χ2n) is 13.5. The number of nitrogens with zero attached hydrogens (tertiary/aromatic N) is 3. The lowest BCUT2D eigenvalue weighted by atomic mass is 9.70. The molecular weight excluding hydrogens is 682 g/mol. The maximum Gasteiger partial charge on any atom is 0.253 e. The van der Waals surface area contributed by atoms with Crippen LogP contribution in [-0.4, -0.2) is 80.9 Å². The third-order valence-electron chi connectivity index (χ3n) is 10.3. The van der Waals surface area contributed by atoms with Gasteiger partial charge in [-0.05, 0) is 55.0 Å². The molecule has 3 unspecified atom stereocenters. The number of aliphatic hydroxyl groups excluding tert-OH is 1. The van der Waals surface area contributed by atoms with E-state index in [1.807, 2.05) is 92.7 Å². The van der Waals surface area contributed by atoms with E-state index in [0.29, 0.717) is 19.4 Å². The number of hydrogen-bond donors (Lipinski definition) is 1. The Balaban J connectivity index is 1.46. The molecule has 3 heterocycles. The van der Waals surface area contributed by atoms with Crippen molar-refractivity contribution in [3.8, 4) is 0 Å². The van der Waals surface area contributed by atoms with Crippen molar-refractivity contribution in [1.82, 2.24) is 9.80 Å². The van der Waals surface area contributed by atoms with Crippen LogP contribution in [0.4, 0.5) is 5.69 Å². The summed E-state index contributed by atoms with van der Waals surface area (Å²) in [5.74, 6) is -2.63. The fourth-order valence-electron chi connectivity index (χ4n) is 8.16. The lowest BCUT2D eigenvalue weighted by molar-refractivity contribution is -0.147. The molecule has 6 rings (SSSR count). The minimum absolute atomic E-state index is 0.207. The Morgan fingerprint density at radius 3 is 2.29 bits per heavy atom. The largest absolute Gasteiger partial charge is 0.394 e. The summed E-state index contributed by atoms with van der Waals surface area (Å²) in [6, 6.07) is 23.4. The zero-order valence-electron chi connectivity index (χ0n) is 28.1. The molecule has 1 spiro atoms. The van der Waals surface area contributed by atoms with Crippen LogP contribution in [0, 0.1) is 25.7 Å². The predicted molar refractivity (Wildman–Crippen MR) is 194 cm³/mol. The van der Waals surface area contributed by atoms with Crippen molar-refractivity contribution in [3.05, 3.63) is 126 Å². The van der Waals surface area contributed by atoms with Gasteiger partial charge in [-0.25, -0.2) is 0 Å². The number of fused-ring (bicyclic) bond motifs is 1. The van der Waals surface area contributed by atoms with Crippen molar-refractivity contribution in [3.63, 3.8) is 0 Å². The first-order valence-corrected chi connectivity index (χ1v) is 17.8. The fraction of sp³-hybridized carbons (Fsp3) is 0.375. The maximum atomic E-state index is 15.2. The van der Waals surface area contributed by atoms with E-state index in [1.54, 1.807) is 26.9 Å². The summed E-state index contributed by atoms with van der Waals surface area (Å²) >= 11 is 3.81. The van der Waals surface area contributed by atoms with E-state index < -0.39 is 35.6 Å². The number of amides is 3. The quantitative estimate of drug-likeness (QED) is 0.189. The van der Waals surface area contributed by atoms with Crippen molar-refractivity contribution in [1.29, 1.82) is 0 Å². The highest BCUT2D eigenvalue weighted by molar-refractivity contribution is 9.09. The molecule has 9 heteroatoms. The van der Waals surface area contributed by atoms with Crippen LogP contribution < -0.4 is 4.90 Å². The molecule has 0 aliphatic carbocycles. The number of carbonyl (C=O) groups is 3. The number of benzene rings is 3. The van der Waals surface area contributed by atoms with E-state index in [2.05, 4.69) is 29.1 Å². The number of anilines is 1. The Kier molecular flexibility index (Phi) is 10.2. The molecule has 3 aliphatic heterocycles. The Hall–Kier alpha value is -4.05. The van der Waals surface area contributed by atoms with Crippen LogP contribution in [0.3, 0.4) is 0 Å². The van der Waals surface area contributed by atoms with Crippen LogP contribution >= 0.6 is 15.9 Å². The van der Waals surface area contributed by atoms with E-state index in [9.17, 15) is 9.90 Å². The molecule has 3 fully saturated rings. The van der Waals surface area contributed by atoms with Gasteiger partial charge in [0.15, 0.2) is 0 Å². The molecule has 3 aromatic rings. The molecule has 7 atom stereocenters. The Morgan fingerprint density at radius 1 is 1.00 bits per heavy atom. The van der Waals surface area contributed by atoms with Crippen LogP contribution in [0.25, 0.3) is 0 Å². The number of hydrogen-bond acceptors (Lipinski definition) is 5. The Morgan fingerprint density at radius 2 is 1.65 bits per heavy atom. The number of halogens is 1. The van der Waals surface area contributed by atoms with Crippen LogP contribution in [-0.2, 0) is 32.1 Å². The molecule has 1 N–H and O–H groups in total. The summed E-state index contributed by atoms with van der Waals surface area (Å²) in [5.41, 5.74) is 3.19. The van der Waals surface area contributed by atoms with Gasteiger partial charge in [0.1, 0.15) is 11.6 Å². The first kappa shape index (κ1) is 34.8. The minimum atomic E-state index is -1.29. The van der Waals surface area contributed by atoms with Gasteiger partial charge in [0.05, 0.1) is 30.6 Å². The van der Waals surface area contributed by atoms with Crippen LogP contribution in [0.5, 0.6) is 0 Å².